The summed E-state index contributed by atoms with van der Waals surface area (Å²) in [5.41, 5.74) is 0.797. The van der Waals surface area contributed by atoms with Gasteiger partial charge in [0, 0.05) is 25.6 Å². The van der Waals surface area contributed by atoms with Crippen LogP contribution in [0, 0.1) is 0 Å². The third-order valence-electron chi connectivity index (χ3n) is 5.09. The summed E-state index contributed by atoms with van der Waals surface area (Å²) in [5, 5.41) is 12.4. The summed E-state index contributed by atoms with van der Waals surface area (Å²) in [5.74, 6) is -0.404. The highest BCUT2D eigenvalue weighted by Gasteiger charge is 2.35. The minimum Gasteiger partial charge on any atom is -0.395 e. The van der Waals surface area contributed by atoms with E-state index < -0.39 is 11.7 Å². The van der Waals surface area contributed by atoms with Gasteiger partial charge in [-0.3, -0.25) is 9.59 Å². The molecule has 1 saturated heterocycles. The molecule has 2 heterocycles. The van der Waals surface area contributed by atoms with Gasteiger partial charge < -0.3 is 24.8 Å². The molecule has 29 heavy (non-hydrogen) atoms. The monoisotopic (exact) mass is 401 g/mol. The van der Waals surface area contributed by atoms with Crippen molar-refractivity contribution in [1.29, 1.82) is 0 Å². The molecule has 2 aromatic rings. The van der Waals surface area contributed by atoms with E-state index in [1.807, 2.05) is 24.3 Å². The van der Waals surface area contributed by atoms with Gasteiger partial charge in [0.2, 0.25) is 0 Å². The molecule has 0 radical (unpaired) electrons. The quantitative estimate of drug-likeness (QED) is 0.756. The van der Waals surface area contributed by atoms with Gasteiger partial charge in [0.15, 0.2) is 0 Å². The van der Waals surface area contributed by atoms with E-state index in [2.05, 4.69) is 10.3 Å². The van der Waals surface area contributed by atoms with Crippen molar-refractivity contribution in [1.82, 2.24) is 15.2 Å². The molecule has 2 amide bonds. The van der Waals surface area contributed by atoms with E-state index in [-0.39, 0.29) is 25.0 Å². The van der Waals surface area contributed by atoms with Crippen molar-refractivity contribution in [3.05, 3.63) is 41.6 Å². The number of methoxy groups -OCH3 is 1. The smallest absolute Gasteiger partial charge is 0.254 e. The number of nitrogens with one attached hydrogen (secondary N) is 1. The molecular weight excluding hydrogens is 374 g/mol. The largest absolute Gasteiger partial charge is 0.395 e. The van der Waals surface area contributed by atoms with E-state index in [9.17, 15) is 9.59 Å². The SMILES string of the molecule is COC(C)(C)C(=O)N1CCO[C@H](c2cc(C(=O)NCCO)c3ccccc3n2)C1. The van der Waals surface area contributed by atoms with Gasteiger partial charge in [-0.25, -0.2) is 4.98 Å². The summed E-state index contributed by atoms with van der Waals surface area (Å²) < 4.78 is 11.2. The molecule has 1 fully saturated rings. The molecular formula is C21H27N3O5. The lowest BCUT2D eigenvalue weighted by molar-refractivity contribution is -0.158. The molecule has 3 rings (SSSR count). The number of carbonyl (C=O) groups excluding carboxylic acids is 2. The first-order valence-corrected chi connectivity index (χ1v) is 9.62. The van der Waals surface area contributed by atoms with Gasteiger partial charge in [-0.15, -0.1) is 0 Å². The Balaban J connectivity index is 1.92. The molecule has 8 heteroatoms. The summed E-state index contributed by atoms with van der Waals surface area (Å²) in [6.45, 7) is 4.67. The standard InChI is InChI=1S/C21H27N3O5/c1-21(2,28-3)20(27)24-9-11-29-18(13-24)17-12-15(19(26)22-8-10-25)14-6-4-5-7-16(14)23-17/h4-7,12,18,25H,8-11,13H2,1-3H3,(H,22,26)/t18-/m0/s1. The number of aromatic nitrogens is 1. The Bertz CT molecular complexity index is 899. The van der Waals surface area contributed by atoms with Gasteiger partial charge in [-0.05, 0) is 26.0 Å². The van der Waals surface area contributed by atoms with E-state index >= 15 is 0 Å². The minimum atomic E-state index is -0.923. The lowest BCUT2D eigenvalue weighted by Gasteiger charge is -2.37. The predicted octanol–water partition coefficient (Wildman–Crippen LogP) is 1.28. The molecule has 0 aliphatic carbocycles. The van der Waals surface area contributed by atoms with E-state index in [0.29, 0.717) is 36.5 Å². The third kappa shape index (κ3) is 4.55. The Morgan fingerprint density at radius 2 is 2.14 bits per heavy atom. The van der Waals surface area contributed by atoms with E-state index in [0.717, 1.165) is 5.39 Å². The number of pyridine rings is 1. The predicted molar refractivity (Wildman–Crippen MR) is 108 cm³/mol. The van der Waals surface area contributed by atoms with Gasteiger partial charge >= 0.3 is 0 Å². The summed E-state index contributed by atoms with van der Waals surface area (Å²) in [6, 6.07) is 9.07. The molecule has 156 valence electrons. The Morgan fingerprint density at radius 3 is 2.86 bits per heavy atom. The third-order valence-corrected chi connectivity index (χ3v) is 5.09. The lowest BCUT2D eigenvalue weighted by atomic mass is 10.0. The zero-order valence-electron chi connectivity index (χ0n) is 17.0. The van der Waals surface area contributed by atoms with Crippen molar-refractivity contribution in [3.63, 3.8) is 0 Å². The lowest BCUT2D eigenvalue weighted by Crippen LogP contribution is -2.51. The fourth-order valence-electron chi connectivity index (χ4n) is 3.29. The van der Waals surface area contributed by atoms with Crippen molar-refractivity contribution in [2.75, 3.05) is 40.0 Å². The summed E-state index contributed by atoms with van der Waals surface area (Å²) in [6.07, 6.45) is -0.450. The van der Waals surface area contributed by atoms with E-state index in [1.165, 1.54) is 7.11 Å². The van der Waals surface area contributed by atoms with E-state index in [1.54, 1.807) is 24.8 Å². The van der Waals surface area contributed by atoms with Crippen LogP contribution in [0.4, 0.5) is 0 Å². The fourth-order valence-corrected chi connectivity index (χ4v) is 3.29. The van der Waals surface area contributed by atoms with Crippen molar-refractivity contribution in [3.8, 4) is 0 Å². The second-order valence-corrected chi connectivity index (χ2v) is 7.42. The number of rotatable bonds is 6. The van der Waals surface area contributed by atoms with Gasteiger partial charge in [0.1, 0.15) is 11.7 Å². The molecule has 0 saturated carbocycles. The number of hydrogen-bond acceptors (Lipinski definition) is 6. The first-order valence-electron chi connectivity index (χ1n) is 9.62. The molecule has 0 spiro atoms. The van der Waals surface area contributed by atoms with Crippen LogP contribution in [0.5, 0.6) is 0 Å². The molecule has 1 aromatic carbocycles. The number of ether oxygens (including phenoxy) is 2. The average molecular weight is 401 g/mol. The second-order valence-electron chi connectivity index (χ2n) is 7.42. The number of carbonyl (C=O) groups is 2. The van der Waals surface area contributed by atoms with Crippen LogP contribution in [0.1, 0.15) is 36.0 Å². The zero-order chi connectivity index (χ0) is 21.0. The highest BCUT2D eigenvalue weighted by molar-refractivity contribution is 6.06. The molecule has 8 nitrogen and oxygen atoms in total. The van der Waals surface area contributed by atoms with Crippen molar-refractivity contribution >= 4 is 22.7 Å². The topological polar surface area (TPSA) is 101 Å². The van der Waals surface area contributed by atoms with Crippen LogP contribution < -0.4 is 5.32 Å². The van der Waals surface area contributed by atoms with Gasteiger partial charge in [-0.1, -0.05) is 18.2 Å². The van der Waals surface area contributed by atoms with Crippen LogP contribution in [0.15, 0.2) is 30.3 Å². The van der Waals surface area contributed by atoms with Crippen molar-refractivity contribution < 1.29 is 24.2 Å². The second kappa shape index (κ2) is 8.86. The summed E-state index contributed by atoms with van der Waals surface area (Å²) in [4.78, 5) is 31.8. The number of fused-ring (bicyclic) bond motifs is 1. The number of hydrogen-bond donors (Lipinski definition) is 2. The normalized spacial score (nSPS) is 17.4. The van der Waals surface area contributed by atoms with E-state index in [4.69, 9.17) is 14.6 Å². The van der Waals surface area contributed by atoms with Crippen LogP contribution in [0.2, 0.25) is 0 Å². The van der Waals surface area contributed by atoms with Crippen LogP contribution in [-0.4, -0.2) is 72.4 Å². The minimum absolute atomic E-state index is 0.116. The Labute approximate surface area is 169 Å². The maximum Gasteiger partial charge on any atom is 0.254 e. The summed E-state index contributed by atoms with van der Waals surface area (Å²) in [7, 11) is 1.51. The molecule has 1 aromatic heterocycles. The Kier molecular flexibility index (Phi) is 6.46. The number of para-hydroxylation sites is 1. The highest BCUT2D eigenvalue weighted by Crippen LogP contribution is 2.27. The molecule has 1 atom stereocenters. The van der Waals surface area contributed by atoms with Crippen molar-refractivity contribution in [2.45, 2.75) is 25.6 Å². The van der Waals surface area contributed by atoms with Crippen LogP contribution in [0.25, 0.3) is 10.9 Å². The number of benzene rings is 1. The van der Waals surface area contributed by atoms with Crippen LogP contribution in [0.3, 0.4) is 0 Å². The fraction of sp³-hybridized carbons (Fsp3) is 0.476. The van der Waals surface area contributed by atoms with Gasteiger partial charge in [0.25, 0.3) is 11.8 Å². The Hall–Kier alpha value is -2.55. The van der Waals surface area contributed by atoms with Gasteiger partial charge in [0.05, 0.1) is 36.5 Å². The van der Waals surface area contributed by atoms with Crippen LogP contribution in [-0.2, 0) is 14.3 Å². The van der Waals surface area contributed by atoms with Gasteiger partial charge in [-0.2, -0.15) is 0 Å². The number of aliphatic hydroxyl groups excluding tert-OH is 1. The number of nitrogens with zero attached hydrogens (tertiary/aromatic N) is 2. The maximum atomic E-state index is 12.8. The highest BCUT2D eigenvalue weighted by atomic mass is 16.5. The number of morpholine rings is 1. The number of amides is 2. The number of aliphatic hydroxyl groups is 1. The van der Waals surface area contributed by atoms with Crippen molar-refractivity contribution in [2.24, 2.45) is 0 Å². The molecule has 1 aliphatic rings. The maximum absolute atomic E-state index is 12.8. The molecule has 0 bridgehead atoms. The molecule has 2 N–H and O–H groups in total. The zero-order valence-corrected chi connectivity index (χ0v) is 17.0. The molecule has 1 aliphatic heterocycles. The summed E-state index contributed by atoms with van der Waals surface area (Å²) >= 11 is 0. The molecule has 0 unspecified atom stereocenters. The first kappa shape index (κ1) is 21.2. The first-order chi connectivity index (χ1) is 13.9. The average Bonchev–Trinajstić information content (AvgIpc) is 2.76. The van der Waals surface area contributed by atoms with Crippen LogP contribution >= 0.6 is 0 Å². The Morgan fingerprint density at radius 1 is 1.38 bits per heavy atom.